The molecule has 2 N–H and O–H groups in total. The van der Waals surface area contributed by atoms with Gasteiger partial charge in [-0.2, -0.15) is 0 Å². The smallest absolute Gasteiger partial charge is 0.263 e. The van der Waals surface area contributed by atoms with Crippen LogP contribution in [0.2, 0.25) is 0 Å². The van der Waals surface area contributed by atoms with E-state index >= 15 is 0 Å². The summed E-state index contributed by atoms with van der Waals surface area (Å²) < 4.78 is 1.58. The Balaban J connectivity index is 1.75. The molecule has 1 unspecified atom stereocenters. The SMILES string of the molecule is Cn1c(=O)c(C2=Nc3ccccc3NC(c3ccccc3)C2)c(O)c2ccccc21. The normalized spacial score (nSPS) is 15.8. The van der Waals surface area contributed by atoms with E-state index in [1.165, 1.54) is 0 Å². The summed E-state index contributed by atoms with van der Waals surface area (Å²) in [7, 11) is 1.73. The summed E-state index contributed by atoms with van der Waals surface area (Å²) in [6.07, 6.45) is 0.472. The Morgan fingerprint density at radius 3 is 2.50 bits per heavy atom. The number of hydrogen-bond donors (Lipinski definition) is 2. The molecule has 5 heteroatoms. The molecule has 1 atom stereocenters. The summed E-state index contributed by atoms with van der Waals surface area (Å²) in [6, 6.07) is 25.2. The van der Waals surface area contributed by atoms with Gasteiger partial charge < -0.3 is 15.0 Å². The number of aliphatic imine (C=N–C) groups is 1. The van der Waals surface area contributed by atoms with E-state index in [0.717, 1.165) is 16.9 Å². The molecule has 2 heterocycles. The molecule has 3 aromatic carbocycles. The summed E-state index contributed by atoms with van der Waals surface area (Å²) >= 11 is 0. The molecular weight excluding hydrogens is 374 g/mol. The predicted octanol–water partition coefficient (Wildman–Crippen LogP) is 4.92. The van der Waals surface area contributed by atoms with E-state index in [2.05, 4.69) is 17.4 Å². The molecule has 0 saturated heterocycles. The summed E-state index contributed by atoms with van der Waals surface area (Å²) in [5.41, 5.74) is 4.02. The average molecular weight is 395 g/mol. The minimum Gasteiger partial charge on any atom is -0.506 e. The number of pyridine rings is 1. The second kappa shape index (κ2) is 7.19. The molecule has 0 radical (unpaired) electrons. The number of benzene rings is 3. The number of para-hydroxylation sites is 3. The van der Waals surface area contributed by atoms with Gasteiger partial charge in [0.25, 0.3) is 5.56 Å². The van der Waals surface area contributed by atoms with Crippen molar-refractivity contribution in [2.24, 2.45) is 12.0 Å². The van der Waals surface area contributed by atoms with Gasteiger partial charge >= 0.3 is 0 Å². The Morgan fingerprint density at radius 1 is 0.967 bits per heavy atom. The molecule has 30 heavy (non-hydrogen) atoms. The lowest BCUT2D eigenvalue weighted by Gasteiger charge is -2.20. The summed E-state index contributed by atoms with van der Waals surface area (Å²) in [6.45, 7) is 0. The molecule has 0 aliphatic carbocycles. The van der Waals surface area contributed by atoms with Crippen LogP contribution in [-0.4, -0.2) is 15.4 Å². The molecule has 5 rings (SSSR count). The van der Waals surface area contributed by atoms with Crippen LogP contribution in [0.25, 0.3) is 10.9 Å². The Kier molecular flexibility index (Phi) is 4.36. The number of rotatable bonds is 2. The largest absolute Gasteiger partial charge is 0.506 e. The molecule has 0 amide bonds. The van der Waals surface area contributed by atoms with Crippen molar-refractivity contribution in [3.8, 4) is 5.75 Å². The molecule has 1 aromatic heterocycles. The van der Waals surface area contributed by atoms with Gasteiger partial charge in [-0.1, -0.05) is 54.6 Å². The maximum absolute atomic E-state index is 13.3. The first-order chi connectivity index (χ1) is 14.6. The summed E-state index contributed by atoms with van der Waals surface area (Å²) in [4.78, 5) is 18.1. The highest BCUT2D eigenvalue weighted by molar-refractivity contribution is 6.09. The first-order valence-electron chi connectivity index (χ1n) is 9.92. The van der Waals surface area contributed by atoms with Crippen molar-refractivity contribution in [2.75, 3.05) is 5.32 Å². The lowest BCUT2D eigenvalue weighted by molar-refractivity contribution is 0.478. The number of aromatic nitrogens is 1. The molecule has 1 aliphatic heterocycles. The second-order valence-corrected chi connectivity index (χ2v) is 7.49. The van der Waals surface area contributed by atoms with E-state index in [1.54, 1.807) is 11.6 Å². The number of aromatic hydroxyl groups is 1. The van der Waals surface area contributed by atoms with E-state index < -0.39 is 0 Å². The van der Waals surface area contributed by atoms with Crippen molar-refractivity contribution in [3.05, 3.63) is 100 Å². The van der Waals surface area contributed by atoms with E-state index in [0.29, 0.717) is 23.0 Å². The molecule has 0 fully saturated rings. The zero-order valence-electron chi connectivity index (χ0n) is 16.5. The van der Waals surface area contributed by atoms with Gasteiger partial charge in [0, 0.05) is 18.9 Å². The monoisotopic (exact) mass is 395 g/mol. The van der Waals surface area contributed by atoms with Gasteiger partial charge in [-0.3, -0.25) is 9.79 Å². The standard InChI is InChI=1S/C25H21N3O2/c1-28-22-14-8-5-11-17(22)24(29)23(25(28)30)21-15-20(16-9-3-2-4-10-16)26-18-12-6-7-13-19(18)27-21/h2-14,20,26,29H,15H2,1H3. The highest BCUT2D eigenvalue weighted by Gasteiger charge is 2.26. The van der Waals surface area contributed by atoms with Crippen LogP contribution in [-0.2, 0) is 7.05 Å². The van der Waals surface area contributed by atoms with Gasteiger partial charge in [0.15, 0.2) is 0 Å². The molecule has 5 nitrogen and oxygen atoms in total. The third kappa shape index (κ3) is 2.95. The average Bonchev–Trinajstić information content (AvgIpc) is 2.98. The molecular formula is C25H21N3O2. The zero-order valence-corrected chi connectivity index (χ0v) is 16.5. The Bertz CT molecular complexity index is 1340. The minimum absolute atomic E-state index is 0.0151. The zero-order chi connectivity index (χ0) is 20.7. The van der Waals surface area contributed by atoms with Crippen molar-refractivity contribution < 1.29 is 5.11 Å². The molecule has 0 saturated carbocycles. The van der Waals surface area contributed by atoms with Gasteiger partial charge in [0.1, 0.15) is 11.3 Å². The van der Waals surface area contributed by atoms with Crippen molar-refractivity contribution in [1.82, 2.24) is 4.57 Å². The third-order valence-corrected chi connectivity index (χ3v) is 5.65. The first kappa shape index (κ1) is 18.2. The van der Waals surface area contributed by atoms with E-state index in [4.69, 9.17) is 4.99 Å². The molecule has 1 aliphatic rings. The van der Waals surface area contributed by atoms with Crippen molar-refractivity contribution >= 4 is 28.0 Å². The second-order valence-electron chi connectivity index (χ2n) is 7.49. The predicted molar refractivity (Wildman–Crippen MR) is 121 cm³/mol. The lowest BCUT2D eigenvalue weighted by atomic mass is 9.96. The van der Waals surface area contributed by atoms with Gasteiger partial charge in [-0.25, -0.2) is 0 Å². The number of aryl methyl sites for hydroxylation is 1. The van der Waals surface area contributed by atoms with Gasteiger partial charge in [-0.05, 0) is 29.8 Å². The highest BCUT2D eigenvalue weighted by Crippen LogP contribution is 2.37. The minimum atomic E-state index is -0.254. The van der Waals surface area contributed by atoms with Crippen molar-refractivity contribution in [1.29, 1.82) is 0 Å². The van der Waals surface area contributed by atoms with E-state index in [9.17, 15) is 9.90 Å². The fourth-order valence-electron chi connectivity index (χ4n) is 4.10. The summed E-state index contributed by atoms with van der Waals surface area (Å²) in [5.74, 6) is -0.0151. The van der Waals surface area contributed by atoms with E-state index in [-0.39, 0.29) is 22.9 Å². The number of anilines is 1. The lowest BCUT2D eigenvalue weighted by Crippen LogP contribution is -2.26. The van der Waals surface area contributed by atoms with Gasteiger partial charge in [-0.15, -0.1) is 0 Å². The Morgan fingerprint density at radius 2 is 1.67 bits per heavy atom. The van der Waals surface area contributed by atoms with Crippen LogP contribution in [0, 0.1) is 0 Å². The highest BCUT2D eigenvalue weighted by atomic mass is 16.3. The van der Waals surface area contributed by atoms with Crippen molar-refractivity contribution in [2.45, 2.75) is 12.5 Å². The molecule has 0 spiro atoms. The quantitative estimate of drug-likeness (QED) is 0.506. The summed E-state index contributed by atoms with van der Waals surface area (Å²) in [5, 5.41) is 15.3. The van der Waals surface area contributed by atoms with Gasteiger partial charge in [0.2, 0.25) is 0 Å². The van der Waals surface area contributed by atoms with Crippen LogP contribution in [0.3, 0.4) is 0 Å². The Hall–Kier alpha value is -3.86. The van der Waals surface area contributed by atoms with Crippen LogP contribution in [0.15, 0.2) is 88.6 Å². The van der Waals surface area contributed by atoms with E-state index in [1.807, 2.05) is 66.7 Å². The molecule has 4 aromatic rings. The van der Waals surface area contributed by atoms with Gasteiger partial charge in [0.05, 0.1) is 28.6 Å². The van der Waals surface area contributed by atoms with Crippen LogP contribution >= 0.6 is 0 Å². The fraction of sp³-hybridized carbons (Fsp3) is 0.120. The maximum Gasteiger partial charge on any atom is 0.263 e. The number of nitrogens with zero attached hydrogens (tertiary/aromatic N) is 2. The molecule has 148 valence electrons. The molecule has 0 bridgehead atoms. The topological polar surface area (TPSA) is 66.6 Å². The number of hydrogen-bond acceptors (Lipinski definition) is 4. The third-order valence-electron chi connectivity index (χ3n) is 5.65. The van der Waals surface area contributed by atoms with Crippen LogP contribution < -0.4 is 10.9 Å². The Labute approximate surface area is 174 Å². The maximum atomic E-state index is 13.3. The van der Waals surface area contributed by atoms with Crippen LogP contribution in [0.5, 0.6) is 5.75 Å². The number of nitrogens with one attached hydrogen (secondary N) is 1. The first-order valence-corrected chi connectivity index (χ1v) is 9.92. The van der Waals surface area contributed by atoms with Crippen LogP contribution in [0.4, 0.5) is 11.4 Å². The van der Waals surface area contributed by atoms with Crippen LogP contribution in [0.1, 0.15) is 23.6 Å². The van der Waals surface area contributed by atoms with Crippen molar-refractivity contribution in [3.63, 3.8) is 0 Å². The fourth-order valence-corrected chi connectivity index (χ4v) is 4.10. The number of fused-ring (bicyclic) bond motifs is 2.